The van der Waals surface area contributed by atoms with Gasteiger partial charge < -0.3 is 10.2 Å². The van der Waals surface area contributed by atoms with E-state index in [-0.39, 0.29) is 0 Å². The Morgan fingerprint density at radius 3 is 2.75 bits per heavy atom. The molecule has 0 bridgehead atoms. The zero-order valence-corrected chi connectivity index (χ0v) is 13.2. The summed E-state index contributed by atoms with van der Waals surface area (Å²) in [6.07, 6.45) is 10.7. The molecule has 0 amide bonds. The molecule has 1 saturated carbocycles. The summed E-state index contributed by atoms with van der Waals surface area (Å²) < 4.78 is 0. The molecule has 1 aromatic heterocycles. The molecule has 0 radical (unpaired) electrons. The van der Waals surface area contributed by atoms with E-state index >= 15 is 0 Å². The Balaban J connectivity index is 2.02. The minimum Gasteiger partial charge on any atom is -0.370 e. The molecule has 0 aliphatic heterocycles. The van der Waals surface area contributed by atoms with Gasteiger partial charge >= 0.3 is 0 Å². The highest BCUT2D eigenvalue weighted by atomic mass is 15.1. The van der Waals surface area contributed by atoms with Gasteiger partial charge in [-0.2, -0.15) is 0 Å². The first kappa shape index (κ1) is 15.3. The number of anilines is 1. The first-order valence-corrected chi connectivity index (χ1v) is 8.05. The van der Waals surface area contributed by atoms with E-state index in [4.69, 9.17) is 0 Å². The van der Waals surface area contributed by atoms with Gasteiger partial charge in [-0.05, 0) is 36.9 Å². The molecular formula is C17H29N3. The number of nitrogens with one attached hydrogen (secondary N) is 1. The van der Waals surface area contributed by atoms with Gasteiger partial charge in [0.05, 0.1) is 11.9 Å². The van der Waals surface area contributed by atoms with Crippen LogP contribution in [0.1, 0.15) is 51.5 Å². The number of aromatic nitrogens is 1. The summed E-state index contributed by atoms with van der Waals surface area (Å²) in [6.45, 7) is 6.49. The van der Waals surface area contributed by atoms with Crippen LogP contribution in [0.15, 0.2) is 18.5 Å². The van der Waals surface area contributed by atoms with Gasteiger partial charge in [0.25, 0.3) is 0 Å². The second-order valence-corrected chi connectivity index (χ2v) is 6.43. The lowest BCUT2D eigenvalue weighted by Gasteiger charge is -2.34. The minimum atomic E-state index is 0.691. The van der Waals surface area contributed by atoms with Gasteiger partial charge in [0, 0.05) is 25.8 Å². The summed E-state index contributed by atoms with van der Waals surface area (Å²) in [5.41, 5.74) is 2.67. The number of rotatable bonds is 6. The number of nitrogens with zero attached hydrogens (tertiary/aromatic N) is 2. The molecule has 3 heteroatoms. The van der Waals surface area contributed by atoms with E-state index in [2.05, 4.69) is 42.2 Å². The summed E-state index contributed by atoms with van der Waals surface area (Å²) >= 11 is 0. The number of pyridine rings is 1. The third-order valence-corrected chi connectivity index (χ3v) is 4.26. The van der Waals surface area contributed by atoms with E-state index in [9.17, 15) is 0 Å². The second-order valence-electron chi connectivity index (χ2n) is 6.43. The van der Waals surface area contributed by atoms with Crippen LogP contribution in [-0.4, -0.2) is 24.6 Å². The zero-order valence-electron chi connectivity index (χ0n) is 13.2. The maximum absolute atomic E-state index is 4.33. The number of hydrogen-bond donors (Lipinski definition) is 1. The van der Waals surface area contributed by atoms with Gasteiger partial charge in [-0.3, -0.25) is 4.98 Å². The van der Waals surface area contributed by atoms with Crippen LogP contribution in [0.25, 0.3) is 0 Å². The smallest absolute Gasteiger partial charge is 0.0598 e. The average Bonchev–Trinajstić information content (AvgIpc) is 2.47. The fraction of sp³-hybridized carbons (Fsp3) is 0.706. The molecular weight excluding hydrogens is 246 g/mol. The van der Waals surface area contributed by atoms with Crippen molar-refractivity contribution in [3.8, 4) is 0 Å². The molecule has 1 N–H and O–H groups in total. The number of hydrogen-bond acceptors (Lipinski definition) is 3. The Labute approximate surface area is 123 Å². The molecule has 0 aromatic carbocycles. The predicted molar refractivity (Wildman–Crippen MR) is 86.1 cm³/mol. The van der Waals surface area contributed by atoms with Crippen molar-refractivity contribution in [2.24, 2.45) is 5.92 Å². The molecule has 112 valence electrons. The third-order valence-electron chi connectivity index (χ3n) is 4.26. The molecule has 2 rings (SSSR count). The molecule has 0 saturated heterocycles. The molecule has 20 heavy (non-hydrogen) atoms. The van der Waals surface area contributed by atoms with Gasteiger partial charge in [-0.25, -0.2) is 0 Å². The highest BCUT2D eigenvalue weighted by molar-refractivity contribution is 5.51. The monoisotopic (exact) mass is 275 g/mol. The highest BCUT2D eigenvalue weighted by Crippen LogP contribution is 2.27. The fourth-order valence-corrected chi connectivity index (χ4v) is 3.04. The lowest BCUT2D eigenvalue weighted by atomic mass is 9.94. The normalized spacial score (nSPS) is 16.6. The van der Waals surface area contributed by atoms with E-state index in [1.54, 1.807) is 0 Å². The van der Waals surface area contributed by atoms with Crippen LogP contribution in [0.5, 0.6) is 0 Å². The van der Waals surface area contributed by atoms with Gasteiger partial charge in [0.15, 0.2) is 0 Å². The summed E-state index contributed by atoms with van der Waals surface area (Å²) in [5, 5.41) is 3.54. The largest absolute Gasteiger partial charge is 0.370 e. The molecule has 3 nitrogen and oxygen atoms in total. The van der Waals surface area contributed by atoms with Crippen molar-refractivity contribution < 1.29 is 0 Å². The van der Waals surface area contributed by atoms with E-state index in [0.717, 1.165) is 13.1 Å². The van der Waals surface area contributed by atoms with Crippen LogP contribution in [0, 0.1) is 5.92 Å². The Morgan fingerprint density at radius 1 is 1.30 bits per heavy atom. The van der Waals surface area contributed by atoms with Crippen LogP contribution in [0.4, 0.5) is 5.69 Å². The van der Waals surface area contributed by atoms with Crippen LogP contribution in [0.3, 0.4) is 0 Å². The van der Waals surface area contributed by atoms with Crippen molar-refractivity contribution >= 4 is 5.69 Å². The molecule has 0 unspecified atom stereocenters. The van der Waals surface area contributed by atoms with E-state index < -0.39 is 0 Å². The van der Waals surface area contributed by atoms with Crippen LogP contribution in [0.2, 0.25) is 0 Å². The van der Waals surface area contributed by atoms with Crippen LogP contribution < -0.4 is 10.2 Å². The Hall–Kier alpha value is -1.09. The van der Waals surface area contributed by atoms with Gasteiger partial charge in [0.2, 0.25) is 0 Å². The summed E-state index contributed by atoms with van der Waals surface area (Å²) in [7, 11) is 2.24. The SMILES string of the molecule is CC(C)CNCc1ccncc1N(C)C1CCCCC1. The lowest BCUT2D eigenvalue weighted by molar-refractivity contribution is 0.426. The van der Waals surface area contributed by atoms with Crippen molar-refractivity contribution in [2.45, 2.75) is 58.5 Å². The summed E-state index contributed by atoms with van der Waals surface area (Å²) in [5.74, 6) is 0.691. The molecule has 1 heterocycles. The van der Waals surface area contributed by atoms with Crippen LogP contribution in [-0.2, 0) is 6.54 Å². The highest BCUT2D eigenvalue weighted by Gasteiger charge is 2.20. The molecule has 1 fully saturated rings. The predicted octanol–water partition coefficient (Wildman–Crippen LogP) is 3.60. The van der Waals surface area contributed by atoms with Crippen molar-refractivity contribution in [3.05, 3.63) is 24.0 Å². The van der Waals surface area contributed by atoms with E-state index in [1.807, 2.05) is 12.4 Å². The van der Waals surface area contributed by atoms with Crippen molar-refractivity contribution in [1.82, 2.24) is 10.3 Å². The zero-order chi connectivity index (χ0) is 14.4. The molecule has 1 aromatic rings. The van der Waals surface area contributed by atoms with Crippen molar-refractivity contribution in [2.75, 3.05) is 18.5 Å². The minimum absolute atomic E-state index is 0.691. The Morgan fingerprint density at radius 2 is 2.05 bits per heavy atom. The maximum Gasteiger partial charge on any atom is 0.0598 e. The summed E-state index contributed by atoms with van der Waals surface area (Å²) in [6, 6.07) is 2.85. The third kappa shape index (κ3) is 4.20. The molecule has 0 atom stereocenters. The standard InChI is InChI=1S/C17H29N3/c1-14(2)11-19-12-15-9-10-18-13-17(15)20(3)16-7-5-4-6-8-16/h9-10,13-14,16,19H,4-8,11-12H2,1-3H3. The Bertz CT molecular complexity index is 397. The van der Waals surface area contributed by atoms with E-state index in [1.165, 1.54) is 43.4 Å². The van der Waals surface area contributed by atoms with Crippen LogP contribution >= 0.6 is 0 Å². The second kappa shape index (κ2) is 7.63. The lowest BCUT2D eigenvalue weighted by Crippen LogP contribution is -2.34. The first-order chi connectivity index (χ1) is 9.68. The van der Waals surface area contributed by atoms with Gasteiger partial charge in [-0.15, -0.1) is 0 Å². The molecule has 0 spiro atoms. The average molecular weight is 275 g/mol. The van der Waals surface area contributed by atoms with E-state index in [0.29, 0.717) is 12.0 Å². The van der Waals surface area contributed by atoms with Gasteiger partial charge in [0.1, 0.15) is 0 Å². The summed E-state index contributed by atoms with van der Waals surface area (Å²) in [4.78, 5) is 6.79. The molecule has 1 aliphatic carbocycles. The van der Waals surface area contributed by atoms with Crippen molar-refractivity contribution in [1.29, 1.82) is 0 Å². The quantitative estimate of drug-likeness (QED) is 0.860. The fourth-order valence-electron chi connectivity index (χ4n) is 3.04. The molecule has 1 aliphatic rings. The van der Waals surface area contributed by atoms with Gasteiger partial charge in [-0.1, -0.05) is 33.1 Å². The van der Waals surface area contributed by atoms with Crippen molar-refractivity contribution in [3.63, 3.8) is 0 Å². The maximum atomic E-state index is 4.33. The topological polar surface area (TPSA) is 28.2 Å². The first-order valence-electron chi connectivity index (χ1n) is 8.05. The Kier molecular flexibility index (Phi) is 5.84.